The van der Waals surface area contributed by atoms with E-state index in [1.807, 2.05) is 0 Å². The normalized spacial score (nSPS) is 22.6. The topological polar surface area (TPSA) is 133 Å². The molecule has 0 aromatic carbocycles. The summed E-state index contributed by atoms with van der Waals surface area (Å²) >= 11 is 2.47. The molecule has 3 atom stereocenters. The highest BCUT2D eigenvalue weighted by Crippen LogP contribution is 2.40. The molecule has 1 aromatic heterocycles. The van der Waals surface area contributed by atoms with Crippen molar-refractivity contribution >= 4 is 46.9 Å². The van der Waals surface area contributed by atoms with E-state index in [2.05, 4.69) is 5.32 Å². The number of nitrogens with one attached hydrogen (secondary N) is 1. The lowest BCUT2D eigenvalue weighted by Gasteiger charge is -2.49. The summed E-state index contributed by atoms with van der Waals surface area (Å²) in [5.41, 5.74) is 0.0880. The van der Waals surface area contributed by atoms with E-state index in [9.17, 15) is 29.4 Å². The van der Waals surface area contributed by atoms with Gasteiger partial charge in [-0.05, 0) is 11.4 Å². The summed E-state index contributed by atoms with van der Waals surface area (Å²) in [5, 5.41) is 23.1. The number of carbonyl (C=O) groups is 4. The highest BCUT2D eigenvalue weighted by Gasteiger charge is 2.54. The minimum atomic E-state index is -1.39. The quantitative estimate of drug-likeness (QED) is 0.442. The molecule has 2 aliphatic rings. The molecular weight excluding hydrogens is 396 g/mol. The average Bonchev–Trinajstić information content (AvgIpc) is 3.16. The van der Waals surface area contributed by atoms with Gasteiger partial charge in [-0.25, -0.2) is 4.79 Å². The van der Waals surface area contributed by atoms with Gasteiger partial charge in [0.1, 0.15) is 23.7 Å². The Balaban J connectivity index is 1.72. The standard InChI is InChI=1S/C16H16N2O7S2/c1-7(19)25-5-8-6-27-15-10(14(22)18(15)11(8)16(23)24)17-13(21)12(20)9-3-2-4-26-9/h2-4,10,12,15,20H,5-6H2,1H3,(H,17,21)(H,23,24)/t10-,12?,15-/m1/s1. The van der Waals surface area contributed by atoms with Crippen molar-refractivity contribution in [3.63, 3.8) is 0 Å². The molecule has 1 saturated heterocycles. The van der Waals surface area contributed by atoms with Crippen LogP contribution in [0.5, 0.6) is 0 Å². The van der Waals surface area contributed by atoms with Crippen LogP contribution in [0.3, 0.4) is 0 Å². The van der Waals surface area contributed by atoms with Gasteiger partial charge >= 0.3 is 11.9 Å². The molecule has 2 aliphatic heterocycles. The largest absolute Gasteiger partial charge is 0.477 e. The number of hydrogen-bond acceptors (Lipinski definition) is 8. The molecule has 0 bridgehead atoms. The zero-order chi connectivity index (χ0) is 19.7. The van der Waals surface area contributed by atoms with E-state index in [-0.39, 0.29) is 18.1 Å². The van der Waals surface area contributed by atoms with Crippen molar-refractivity contribution in [3.8, 4) is 0 Å². The fraction of sp³-hybridized carbons (Fsp3) is 0.375. The van der Waals surface area contributed by atoms with Crippen LogP contribution in [0.15, 0.2) is 28.8 Å². The highest BCUT2D eigenvalue weighted by atomic mass is 32.2. The summed E-state index contributed by atoms with van der Waals surface area (Å²) in [4.78, 5) is 48.8. The molecule has 1 aromatic rings. The van der Waals surface area contributed by atoms with Crippen molar-refractivity contribution < 1.29 is 34.1 Å². The number of esters is 1. The summed E-state index contributed by atoms with van der Waals surface area (Å²) in [6.45, 7) is 0.994. The van der Waals surface area contributed by atoms with Crippen molar-refractivity contribution in [3.05, 3.63) is 33.7 Å². The second kappa shape index (κ2) is 7.71. The first-order chi connectivity index (χ1) is 12.8. The summed E-state index contributed by atoms with van der Waals surface area (Å²) in [6, 6.07) is 2.37. The van der Waals surface area contributed by atoms with Crippen LogP contribution in [-0.2, 0) is 23.9 Å². The molecule has 1 fully saturated rings. The monoisotopic (exact) mass is 412 g/mol. The number of carboxylic acids is 1. The third-order valence-corrected chi connectivity index (χ3v) is 6.32. The Hall–Kier alpha value is -2.37. The Kier molecular flexibility index (Phi) is 5.53. The zero-order valence-electron chi connectivity index (χ0n) is 14.1. The number of hydrogen-bond donors (Lipinski definition) is 3. The van der Waals surface area contributed by atoms with Crippen LogP contribution >= 0.6 is 23.1 Å². The molecule has 27 heavy (non-hydrogen) atoms. The Morgan fingerprint density at radius 1 is 1.44 bits per heavy atom. The minimum absolute atomic E-state index is 0.214. The molecule has 3 rings (SSSR count). The van der Waals surface area contributed by atoms with Gasteiger partial charge < -0.3 is 20.3 Å². The van der Waals surface area contributed by atoms with Gasteiger partial charge in [-0.3, -0.25) is 19.3 Å². The Morgan fingerprint density at radius 3 is 2.78 bits per heavy atom. The predicted molar refractivity (Wildman–Crippen MR) is 95.6 cm³/mol. The molecule has 3 heterocycles. The van der Waals surface area contributed by atoms with Gasteiger partial charge in [0.15, 0.2) is 6.10 Å². The van der Waals surface area contributed by atoms with Gasteiger partial charge in [-0.1, -0.05) is 6.07 Å². The smallest absolute Gasteiger partial charge is 0.352 e. The molecule has 0 saturated carbocycles. The van der Waals surface area contributed by atoms with Crippen LogP contribution in [0, 0.1) is 0 Å². The number of carbonyl (C=O) groups excluding carboxylic acids is 3. The Bertz CT molecular complexity index is 821. The summed E-state index contributed by atoms with van der Waals surface area (Å²) in [7, 11) is 0. The van der Waals surface area contributed by atoms with Crippen LogP contribution < -0.4 is 5.32 Å². The van der Waals surface area contributed by atoms with Crippen LogP contribution in [0.2, 0.25) is 0 Å². The number of ether oxygens (including phenoxy) is 1. The number of nitrogens with zero attached hydrogens (tertiary/aromatic N) is 1. The summed E-state index contributed by atoms with van der Waals surface area (Å²) in [6.07, 6.45) is -1.39. The Labute approximate surface area is 162 Å². The molecule has 144 valence electrons. The lowest BCUT2D eigenvalue weighted by Crippen LogP contribution is -2.71. The van der Waals surface area contributed by atoms with E-state index in [0.29, 0.717) is 10.5 Å². The van der Waals surface area contributed by atoms with E-state index in [0.717, 1.165) is 4.90 Å². The molecule has 3 N–H and O–H groups in total. The first-order valence-corrected chi connectivity index (χ1v) is 9.79. The van der Waals surface area contributed by atoms with Crippen LogP contribution in [0.4, 0.5) is 0 Å². The van der Waals surface area contributed by atoms with Gasteiger partial charge in [-0.15, -0.1) is 23.1 Å². The second-order valence-electron chi connectivity index (χ2n) is 5.85. The summed E-state index contributed by atoms with van der Waals surface area (Å²) in [5.74, 6) is -2.93. The molecule has 9 nitrogen and oxygen atoms in total. The number of thioether (sulfide) groups is 1. The fourth-order valence-electron chi connectivity index (χ4n) is 2.79. The number of β-lactam (4-membered cyclic amide) rings is 1. The van der Waals surface area contributed by atoms with Crippen molar-refractivity contribution in [2.75, 3.05) is 12.4 Å². The molecule has 0 aliphatic carbocycles. The number of aliphatic hydroxyl groups is 1. The molecule has 0 radical (unpaired) electrons. The Morgan fingerprint density at radius 2 is 2.19 bits per heavy atom. The maximum Gasteiger partial charge on any atom is 0.352 e. The van der Waals surface area contributed by atoms with Crippen molar-refractivity contribution in [2.45, 2.75) is 24.4 Å². The van der Waals surface area contributed by atoms with Gasteiger partial charge in [0.2, 0.25) is 0 Å². The number of fused-ring (bicyclic) bond motifs is 1. The van der Waals surface area contributed by atoms with E-state index >= 15 is 0 Å². The van der Waals surface area contributed by atoms with Crippen molar-refractivity contribution in [2.24, 2.45) is 0 Å². The molecule has 0 spiro atoms. The number of aliphatic hydroxyl groups excluding tert-OH is 1. The molecule has 11 heteroatoms. The number of carboxylic acid groups (broad SMARTS) is 1. The number of thiophene rings is 1. The number of rotatable bonds is 6. The SMILES string of the molecule is CC(=O)OCC1=C(C(=O)O)N2C(=O)[C@@H](NC(=O)C(O)c3cccs3)[C@H]2SC1. The van der Waals surface area contributed by atoms with Crippen molar-refractivity contribution in [1.82, 2.24) is 10.2 Å². The molecule has 1 unspecified atom stereocenters. The van der Waals surface area contributed by atoms with Crippen LogP contribution in [-0.4, -0.2) is 62.6 Å². The first kappa shape index (κ1) is 19.4. The summed E-state index contributed by atoms with van der Waals surface area (Å²) < 4.78 is 4.86. The molecule has 2 amide bonds. The van der Waals surface area contributed by atoms with E-state index in [1.54, 1.807) is 17.5 Å². The molecular formula is C16H16N2O7S2. The van der Waals surface area contributed by atoms with Gasteiger partial charge in [0.25, 0.3) is 11.8 Å². The van der Waals surface area contributed by atoms with Gasteiger partial charge in [0.05, 0.1) is 0 Å². The minimum Gasteiger partial charge on any atom is -0.477 e. The zero-order valence-corrected chi connectivity index (χ0v) is 15.7. The van der Waals surface area contributed by atoms with E-state index in [4.69, 9.17) is 4.74 Å². The maximum atomic E-state index is 12.5. The lowest BCUT2D eigenvalue weighted by molar-refractivity contribution is -0.152. The van der Waals surface area contributed by atoms with Gasteiger partial charge in [-0.2, -0.15) is 0 Å². The second-order valence-corrected chi connectivity index (χ2v) is 7.94. The number of amides is 2. The average molecular weight is 412 g/mol. The highest BCUT2D eigenvalue weighted by molar-refractivity contribution is 8.00. The third kappa shape index (κ3) is 3.70. The van der Waals surface area contributed by atoms with Crippen LogP contribution in [0.1, 0.15) is 17.9 Å². The third-order valence-electron chi connectivity index (χ3n) is 4.06. The van der Waals surface area contributed by atoms with E-state index < -0.39 is 41.3 Å². The number of aliphatic carboxylic acids is 1. The fourth-order valence-corrected chi connectivity index (χ4v) is 4.83. The predicted octanol–water partition coefficient (Wildman–Crippen LogP) is 0.0832. The van der Waals surface area contributed by atoms with Gasteiger partial charge in [0, 0.05) is 23.1 Å². The first-order valence-electron chi connectivity index (χ1n) is 7.86. The maximum absolute atomic E-state index is 12.5. The lowest BCUT2D eigenvalue weighted by atomic mass is 10.0. The van der Waals surface area contributed by atoms with Crippen LogP contribution in [0.25, 0.3) is 0 Å². The van der Waals surface area contributed by atoms with Crippen molar-refractivity contribution in [1.29, 1.82) is 0 Å². The van der Waals surface area contributed by atoms with E-state index in [1.165, 1.54) is 30.0 Å².